The maximum Gasteiger partial charge on any atom is 0.254 e. The van der Waals surface area contributed by atoms with Crippen LogP contribution in [0.2, 0.25) is 0 Å². The van der Waals surface area contributed by atoms with Crippen LogP contribution in [0.5, 0.6) is 0 Å². The van der Waals surface area contributed by atoms with E-state index in [1.165, 1.54) is 6.92 Å². The quantitative estimate of drug-likeness (QED) is 0.626. The number of rotatable bonds is 5. The van der Waals surface area contributed by atoms with E-state index in [9.17, 15) is 14.0 Å². The van der Waals surface area contributed by atoms with E-state index in [1.54, 1.807) is 12.1 Å². The highest BCUT2D eigenvalue weighted by Gasteiger charge is 2.21. The van der Waals surface area contributed by atoms with Crippen LogP contribution in [0.25, 0.3) is 5.65 Å². The minimum absolute atomic E-state index is 0.0412. The van der Waals surface area contributed by atoms with E-state index in [2.05, 4.69) is 20.2 Å². The lowest BCUT2D eigenvalue weighted by Crippen LogP contribution is -2.46. The Morgan fingerprint density at radius 3 is 2.63 bits per heavy atom. The minimum atomic E-state index is -0.586. The molecule has 9 heteroatoms. The summed E-state index contributed by atoms with van der Waals surface area (Å²) >= 11 is 0. The fraction of sp³-hybridized carbons (Fsp3) is 0.381. The molecule has 3 aromatic rings. The summed E-state index contributed by atoms with van der Waals surface area (Å²) < 4.78 is 16.4. The summed E-state index contributed by atoms with van der Waals surface area (Å²) in [7, 11) is 0. The molecule has 0 aromatic carbocycles. The predicted molar refractivity (Wildman–Crippen MR) is 113 cm³/mol. The van der Waals surface area contributed by atoms with Crippen LogP contribution in [0, 0.1) is 5.95 Å². The number of fused-ring (bicyclic) bond motifs is 1. The molecule has 1 fully saturated rings. The molecule has 0 saturated carbocycles. The number of nitrogens with one attached hydrogen (secondary N) is 2. The van der Waals surface area contributed by atoms with Gasteiger partial charge in [0, 0.05) is 63.2 Å². The number of aromatic nitrogens is 3. The lowest BCUT2D eigenvalue weighted by molar-refractivity contribution is -0.114. The van der Waals surface area contributed by atoms with Crippen LogP contribution in [0.4, 0.5) is 15.9 Å². The van der Waals surface area contributed by atoms with E-state index in [4.69, 9.17) is 0 Å². The highest BCUT2D eigenvalue weighted by Crippen LogP contribution is 2.22. The van der Waals surface area contributed by atoms with Crippen molar-refractivity contribution in [3.63, 3.8) is 0 Å². The molecule has 4 heterocycles. The van der Waals surface area contributed by atoms with E-state index in [-0.39, 0.29) is 17.3 Å². The summed E-state index contributed by atoms with van der Waals surface area (Å²) in [6.07, 6.45) is 4.54. The first kappa shape index (κ1) is 20.1. The van der Waals surface area contributed by atoms with Gasteiger partial charge in [0.1, 0.15) is 11.5 Å². The zero-order valence-electron chi connectivity index (χ0n) is 17.1. The molecule has 0 bridgehead atoms. The molecule has 0 aliphatic carbocycles. The molecule has 30 heavy (non-hydrogen) atoms. The maximum absolute atomic E-state index is 14.4. The van der Waals surface area contributed by atoms with Crippen molar-refractivity contribution in [2.75, 3.05) is 36.4 Å². The van der Waals surface area contributed by atoms with Crippen molar-refractivity contribution in [3.8, 4) is 0 Å². The summed E-state index contributed by atoms with van der Waals surface area (Å²) in [5.41, 5.74) is 3.05. The molecule has 4 rings (SSSR count). The summed E-state index contributed by atoms with van der Waals surface area (Å²) in [4.78, 5) is 34.3. The van der Waals surface area contributed by atoms with Crippen LogP contribution in [0.15, 0.2) is 35.4 Å². The number of aryl methyl sites for hydroxylation is 1. The molecular formula is C21H25FN6O2. The van der Waals surface area contributed by atoms with E-state index in [0.717, 1.165) is 29.9 Å². The first-order valence-corrected chi connectivity index (χ1v) is 10.1. The molecule has 0 unspecified atom stereocenters. The standard InChI is InChI=1S/C21H25FN6O2/c1-3-15-13-28-7-6-16(20(28)25-21(15)30)12-26-8-10-27(11-9-26)17-4-5-18(23-14(2)29)24-19(17)22/h4-7,13H,3,8-12H2,1-2H3,(H,25,30)(H,23,24,29). The summed E-state index contributed by atoms with van der Waals surface area (Å²) in [6.45, 7) is 6.91. The zero-order chi connectivity index (χ0) is 21.3. The molecule has 1 amide bonds. The third-order valence-corrected chi connectivity index (χ3v) is 5.44. The molecule has 1 saturated heterocycles. The van der Waals surface area contributed by atoms with E-state index in [1.807, 2.05) is 34.7 Å². The average Bonchev–Trinajstić information content (AvgIpc) is 3.09. The van der Waals surface area contributed by atoms with Gasteiger partial charge in [-0.1, -0.05) is 6.92 Å². The molecule has 1 aliphatic heterocycles. The molecule has 0 spiro atoms. The second-order valence-electron chi connectivity index (χ2n) is 7.51. The Morgan fingerprint density at radius 2 is 1.97 bits per heavy atom. The first-order valence-electron chi connectivity index (χ1n) is 10.1. The van der Waals surface area contributed by atoms with Gasteiger partial charge >= 0.3 is 0 Å². The molecule has 0 radical (unpaired) electrons. The van der Waals surface area contributed by atoms with Crippen molar-refractivity contribution < 1.29 is 9.18 Å². The second-order valence-corrected chi connectivity index (χ2v) is 7.51. The number of halogens is 1. The normalized spacial score (nSPS) is 15.0. The average molecular weight is 412 g/mol. The van der Waals surface area contributed by atoms with Crippen LogP contribution in [-0.2, 0) is 17.8 Å². The monoisotopic (exact) mass is 412 g/mol. The number of pyridine rings is 1. The third-order valence-electron chi connectivity index (χ3n) is 5.44. The number of hydrogen-bond acceptors (Lipinski definition) is 5. The zero-order valence-corrected chi connectivity index (χ0v) is 17.1. The number of carbonyl (C=O) groups excluding carboxylic acids is 1. The Morgan fingerprint density at radius 1 is 1.20 bits per heavy atom. The smallest absolute Gasteiger partial charge is 0.254 e. The number of amides is 1. The van der Waals surface area contributed by atoms with Crippen molar-refractivity contribution in [1.29, 1.82) is 0 Å². The van der Waals surface area contributed by atoms with Gasteiger partial charge in [0.15, 0.2) is 0 Å². The van der Waals surface area contributed by atoms with Crippen LogP contribution < -0.4 is 15.8 Å². The number of nitrogens with zero attached hydrogens (tertiary/aromatic N) is 4. The second kappa shape index (κ2) is 8.27. The van der Waals surface area contributed by atoms with Gasteiger partial charge in [0.25, 0.3) is 5.56 Å². The summed E-state index contributed by atoms with van der Waals surface area (Å²) in [6, 6.07) is 5.29. The van der Waals surface area contributed by atoms with Crippen LogP contribution in [0.1, 0.15) is 25.0 Å². The Bertz CT molecular complexity index is 1130. The van der Waals surface area contributed by atoms with Gasteiger partial charge in [-0.15, -0.1) is 0 Å². The largest absolute Gasteiger partial charge is 0.365 e. The van der Waals surface area contributed by atoms with Gasteiger partial charge < -0.3 is 19.6 Å². The van der Waals surface area contributed by atoms with Gasteiger partial charge in [0.05, 0.1) is 5.69 Å². The summed E-state index contributed by atoms with van der Waals surface area (Å²) in [5.74, 6) is -0.658. The number of anilines is 2. The van der Waals surface area contributed by atoms with Gasteiger partial charge in [-0.2, -0.15) is 4.39 Å². The Hall–Kier alpha value is -3.20. The third kappa shape index (κ3) is 4.06. The Balaban J connectivity index is 1.42. The van der Waals surface area contributed by atoms with Gasteiger partial charge in [-0.3, -0.25) is 14.5 Å². The van der Waals surface area contributed by atoms with Crippen LogP contribution in [0.3, 0.4) is 0 Å². The topological polar surface area (TPSA) is 85.7 Å². The molecular weight excluding hydrogens is 387 g/mol. The van der Waals surface area contributed by atoms with Gasteiger partial charge in [0.2, 0.25) is 11.9 Å². The molecule has 0 atom stereocenters. The van der Waals surface area contributed by atoms with E-state index >= 15 is 0 Å². The first-order chi connectivity index (χ1) is 14.4. The predicted octanol–water partition coefficient (Wildman–Crippen LogP) is 2.00. The molecule has 2 N–H and O–H groups in total. The van der Waals surface area contributed by atoms with E-state index < -0.39 is 5.95 Å². The van der Waals surface area contributed by atoms with Crippen molar-refractivity contribution in [3.05, 3.63) is 58.0 Å². The Kier molecular flexibility index (Phi) is 5.54. The van der Waals surface area contributed by atoms with Crippen LogP contribution >= 0.6 is 0 Å². The SMILES string of the molecule is CCc1cn2ccc(CN3CCN(c4ccc(NC(C)=O)nc4F)CC3)c2[nH]c1=O. The molecule has 3 aromatic heterocycles. The fourth-order valence-corrected chi connectivity index (χ4v) is 3.84. The van der Waals surface area contributed by atoms with Crippen molar-refractivity contribution >= 4 is 23.1 Å². The lowest BCUT2D eigenvalue weighted by Gasteiger charge is -2.35. The van der Waals surface area contributed by atoms with Crippen LogP contribution in [-0.4, -0.2) is 51.4 Å². The lowest BCUT2D eigenvalue weighted by atomic mass is 10.2. The number of aromatic amines is 1. The van der Waals surface area contributed by atoms with Crippen molar-refractivity contribution in [2.45, 2.75) is 26.8 Å². The Labute approximate surface area is 173 Å². The van der Waals surface area contributed by atoms with E-state index in [0.29, 0.717) is 31.7 Å². The molecule has 158 valence electrons. The highest BCUT2D eigenvalue weighted by molar-refractivity contribution is 5.87. The number of H-pyrrole nitrogens is 1. The number of hydrogen-bond donors (Lipinski definition) is 2. The fourth-order valence-electron chi connectivity index (χ4n) is 3.84. The van der Waals surface area contributed by atoms with Gasteiger partial charge in [-0.05, 0) is 24.6 Å². The number of carbonyl (C=O) groups is 1. The molecule has 8 nitrogen and oxygen atoms in total. The highest BCUT2D eigenvalue weighted by atomic mass is 19.1. The van der Waals surface area contributed by atoms with Crippen molar-refractivity contribution in [1.82, 2.24) is 19.3 Å². The van der Waals surface area contributed by atoms with Gasteiger partial charge in [-0.25, -0.2) is 4.98 Å². The summed E-state index contributed by atoms with van der Waals surface area (Å²) in [5, 5.41) is 2.49. The number of piperazine rings is 1. The minimum Gasteiger partial charge on any atom is -0.365 e. The molecule has 1 aliphatic rings. The maximum atomic E-state index is 14.4. The van der Waals surface area contributed by atoms with Crippen molar-refractivity contribution in [2.24, 2.45) is 0 Å².